The summed E-state index contributed by atoms with van der Waals surface area (Å²) in [5, 5.41) is 13.9. The second kappa shape index (κ2) is 7.74. The normalized spacial score (nSPS) is 18.1. The molecule has 0 spiro atoms. The summed E-state index contributed by atoms with van der Waals surface area (Å²) in [5.41, 5.74) is -2.25. The van der Waals surface area contributed by atoms with Crippen molar-refractivity contribution < 1.29 is 31.9 Å². The first-order chi connectivity index (χ1) is 13.5. The number of halogens is 5. The smallest absolute Gasteiger partial charge is 0.375 e. The molecule has 5 nitrogen and oxygen atoms in total. The van der Waals surface area contributed by atoms with Crippen LogP contribution in [0.3, 0.4) is 0 Å². The number of rotatable bonds is 4. The second-order valence-corrected chi connectivity index (χ2v) is 7.23. The number of carbonyl (C=O) groups excluding carboxylic acids is 1. The fraction of sp³-hybridized carbons (Fsp3) is 0.474. The molecule has 1 saturated heterocycles. The van der Waals surface area contributed by atoms with Crippen LogP contribution < -0.4 is 0 Å². The first-order valence-electron chi connectivity index (χ1n) is 9.03. The summed E-state index contributed by atoms with van der Waals surface area (Å²) in [6.07, 6.45) is -5.17. The number of alkyl halides is 5. The highest BCUT2D eigenvalue weighted by atomic mass is 19.4. The number of amides is 1. The van der Waals surface area contributed by atoms with E-state index in [2.05, 4.69) is 5.10 Å². The van der Waals surface area contributed by atoms with E-state index >= 15 is 0 Å². The van der Waals surface area contributed by atoms with Crippen molar-refractivity contribution in [3.05, 3.63) is 47.8 Å². The van der Waals surface area contributed by atoms with Crippen LogP contribution >= 0.6 is 0 Å². The van der Waals surface area contributed by atoms with E-state index in [9.17, 15) is 31.9 Å². The molecular formula is C19H20F5N3O2. The van der Waals surface area contributed by atoms with Crippen molar-refractivity contribution in [3.63, 3.8) is 0 Å². The van der Waals surface area contributed by atoms with Gasteiger partial charge in [-0.1, -0.05) is 0 Å². The molecule has 2 heterocycles. The molecule has 1 atom stereocenters. The topological polar surface area (TPSA) is 58.4 Å². The standard InChI is InChI=1S/C19H20F5N3O2/c1-18(29,16(20)21)17(28)26-10-7-12(8-11-26)15-6-9-25-27(15)14-4-2-13(3-5-14)19(22,23)24/h2-6,9,12,16,29H,7-8,10-11H2,1H3/t18-/m0/s1. The van der Waals surface area contributed by atoms with Gasteiger partial charge in [0.25, 0.3) is 12.3 Å². The van der Waals surface area contributed by atoms with Gasteiger partial charge in [0.15, 0.2) is 0 Å². The third-order valence-electron chi connectivity index (χ3n) is 5.17. The molecule has 1 aromatic heterocycles. The number of piperidine rings is 1. The highest BCUT2D eigenvalue weighted by molar-refractivity contribution is 5.85. The molecule has 0 aliphatic carbocycles. The Kier molecular flexibility index (Phi) is 5.66. The molecule has 1 fully saturated rings. The van der Waals surface area contributed by atoms with Crippen molar-refractivity contribution in [2.24, 2.45) is 0 Å². The number of carbonyl (C=O) groups is 1. The molecule has 1 aromatic carbocycles. The van der Waals surface area contributed by atoms with Gasteiger partial charge in [0.05, 0.1) is 11.3 Å². The summed E-state index contributed by atoms with van der Waals surface area (Å²) in [6.45, 7) is 1.17. The van der Waals surface area contributed by atoms with Crippen LogP contribution in [0.2, 0.25) is 0 Å². The Bertz CT molecular complexity index is 853. The largest absolute Gasteiger partial charge is 0.416 e. The minimum atomic E-state index is -4.43. The zero-order valence-electron chi connectivity index (χ0n) is 15.5. The van der Waals surface area contributed by atoms with E-state index in [-0.39, 0.29) is 19.0 Å². The van der Waals surface area contributed by atoms with Crippen molar-refractivity contribution in [1.82, 2.24) is 14.7 Å². The highest BCUT2D eigenvalue weighted by Gasteiger charge is 2.44. The molecule has 1 aliphatic rings. The lowest BCUT2D eigenvalue weighted by Gasteiger charge is -2.36. The Morgan fingerprint density at radius 3 is 2.24 bits per heavy atom. The number of aliphatic hydroxyl groups is 1. The number of aromatic nitrogens is 2. The van der Waals surface area contributed by atoms with Crippen molar-refractivity contribution in [2.75, 3.05) is 13.1 Å². The van der Waals surface area contributed by atoms with Gasteiger partial charge in [-0.15, -0.1) is 0 Å². The van der Waals surface area contributed by atoms with Gasteiger partial charge in [-0.05, 0) is 50.1 Å². The SMILES string of the molecule is C[C@@](O)(C(=O)N1CCC(c2ccnn2-c2ccc(C(F)(F)F)cc2)CC1)C(F)F. The zero-order chi connectivity index (χ0) is 21.4. The number of hydrogen-bond acceptors (Lipinski definition) is 3. The predicted octanol–water partition coefficient (Wildman–Crippen LogP) is 3.61. The minimum Gasteiger partial charge on any atom is -0.375 e. The van der Waals surface area contributed by atoms with Gasteiger partial charge in [0.1, 0.15) is 0 Å². The number of benzene rings is 1. The maximum atomic E-state index is 12.9. The lowest BCUT2D eigenvalue weighted by atomic mass is 9.92. The van der Waals surface area contributed by atoms with Gasteiger partial charge in [-0.3, -0.25) is 4.79 Å². The Morgan fingerprint density at radius 1 is 1.14 bits per heavy atom. The summed E-state index contributed by atoms with van der Waals surface area (Å²) in [6, 6.07) is 6.37. The Balaban J connectivity index is 1.72. The van der Waals surface area contributed by atoms with Crippen molar-refractivity contribution in [3.8, 4) is 5.69 Å². The molecule has 1 N–H and O–H groups in total. The van der Waals surface area contributed by atoms with Crippen LogP contribution in [0.25, 0.3) is 5.69 Å². The van der Waals surface area contributed by atoms with Gasteiger partial charge in [-0.25, -0.2) is 13.5 Å². The van der Waals surface area contributed by atoms with Crippen LogP contribution in [0.15, 0.2) is 36.5 Å². The quantitative estimate of drug-likeness (QED) is 0.774. The van der Waals surface area contributed by atoms with E-state index in [1.54, 1.807) is 6.07 Å². The summed E-state index contributed by atoms with van der Waals surface area (Å²) in [5.74, 6) is -1.07. The maximum Gasteiger partial charge on any atom is 0.416 e. The molecule has 3 rings (SSSR count). The van der Waals surface area contributed by atoms with Crippen molar-refractivity contribution in [1.29, 1.82) is 0 Å². The van der Waals surface area contributed by atoms with Gasteiger partial charge < -0.3 is 10.0 Å². The zero-order valence-corrected chi connectivity index (χ0v) is 15.5. The second-order valence-electron chi connectivity index (χ2n) is 7.23. The van der Waals surface area contributed by atoms with E-state index in [0.717, 1.165) is 24.8 Å². The van der Waals surface area contributed by atoms with Crippen molar-refractivity contribution >= 4 is 5.91 Å². The average Bonchev–Trinajstić information content (AvgIpc) is 3.16. The molecule has 1 aliphatic heterocycles. The summed E-state index contributed by atoms with van der Waals surface area (Å²) >= 11 is 0. The average molecular weight is 417 g/mol. The fourth-order valence-electron chi connectivity index (χ4n) is 3.42. The molecule has 0 unspecified atom stereocenters. The van der Waals surface area contributed by atoms with Gasteiger partial charge >= 0.3 is 6.18 Å². The lowest BCUT2D eigenvalue weighted by Crippen LogP contribution is -2.53. The molecule has 2 aromatic rings. The predicted molar refractivity (Wildman–Crippen MR) is 93.7 cm³/mol. The first kappa shape index (κ1) is 21.2. The lowest BCUT2D eigenvalue weighted by molar-refractivity contribution is -0.166. The van der Waals surface area contributed by atoms with Crippen LogP contribution in [0, 0.1) is 0 Å². The Hall–Kier alpha value is -2.49. The van der Waals surface area contributed by atoms with Gasteiger partial charge in [-0.2, -0.15) is 18.3 Å². The Morgan fingerprint density at radius 2 is 1.72 bits per heavy atom. The monoisotopic (exact) mass is 417 g/mol. The molecule has 0 radical (unpaired) electrons. The number of hydrogen-bond donors (Lipinski definition) is 1. The third-order valence-corrected chi connectivity index (χ3v) is 5.17. The fourth-order valence-corrected chi connectivity index (χ4v) is 3.42. The molecule has 29 heavy (non-hydrogen) atoms. The molecular weight excluding hydrogens is 397 g/mol. The number of likely N-dealkylation sites (tertiary alicyclic amines) is 1. The number of nitrogens with zero attached hydrogens (tertiary/aromatic N) is 3. The van der Waals surface area contributed by atoms with E-state index in [1.165, 1.54) is 27.9 Å². The van der Waals surface area contributed by atoms with Crippen LogP contribution in [-0.2, 0) is 11.0 Å². The molecule has 0 bridgehead atoms. The van der Waals surface area contributed by atoms with E-state index in [1.807, 2.05) is 0 Å². The van der Waals surface area contributed by atoms with E-state index in [4.69, 9.17) is 0 Å². The highest BCUT2D eigenvalue weighted by Crippen LogP contribution is 2.33. The molecule has 158 valence electrons. The molecule has 0 saturated carbocycles. The van der Waals surface area contributed by atoms with Gasteiger partial charge in [0, 0.05) is 30.9 Å². The van der Waals surface area contributed by atoms with Crippen LogP contribution in [0.4, 0.5) is 22.0 Å². The van der Waals surface area contributed by atoms with Crippen LogP contribution in [0.5, 0.6) is 0 Å². The maximum absolute atomic E-state index is 12.9. The van der Waals surface area contributed by atoms with Crippen LogP contribution in [0.1, 0.15) is 36.9 Å². The molecule has 1 amide bonds. The third kappa shape index (κ3) is 4.26. The first-order valence-corrected chi connectivity index (χ1v) is 9.03. The van der Waals surface area contributed by atoms with E-state index < -0.39 is 29.7 Å². The van der Waals surface area contributed by atoms with E-state index in [0.29, 0.717) is 18.5 Å². The summed E-state index contributed by atoms with van der Waals surface area (Å²) in [4.78, 5) is 13.4. The Labute approximate surface area is 163 Å². The van der Waals surface area contributed by atoms with Crippen LogP contribution in [-0.4, -0.2) is 50.8 Å². The minimum absolute atomic E-state index is 0.0552. The van der Waals surface area contributed by atoms with Gasteiger partial charge in [0.2, 0.25) is 5.60 Å². The molecule has 10 heteroatoms. The van der Waals surface area contributed by atoms with Crippen molar-refractivity contribution in [2.45, 2.75) is 43.9 Å². The summed E-state index contributed by atoms with van der Waals surface area (Å²) < 4.78 is 65.5. The summed E-state index contributed by atoms with van der Waals surface area (Å²) in [7, 11) is 0.